The van der Waals surface area contributed by atoms with Gasteiger partial charge in [0.1, 0.15) is 16.5 Å². The van der Waals surface area contributed by atoms with Crippen molar-refractivity contribution >= 4 is 58.0 Å². The molecule has 0 unspecified atom stereocenters. The maximum atomic E-state index is 13.0. The second-order valence-electron chi connectivity index (χ2n) is 7.43. The van der Waals surface area contributed by atoms with Crippen LogP contribution in [0.1, 0.15) is 15.9 Å². The van der Waals surface area contributed by atoms with Crippen LogP contribution in [-0.2, 0) is 9.59 Å². The summed E-state index contributed by atoms with van der Waals surface area (Å²) in [5.74, 6) is -1.15. The Morgan fingerprint density at radius 1 is 0.941 bits per heavy atom. The number of nitrogens with zero attached hydrogens (tertiary/aromatic N) is 1. The highest BCUT2D eigenvalue weighted by Gasteiger charge is 2.39. The van der Waals surface area contributed by atoms with Crippen LogP contribution in [-0.4, -0.2) is 24.8 Å². The third kappa shape index (κ3) is 4.48. The number of benzene rings is 3. The van der Waals surface area contributed by atoms with Crippen LogP contribution < -0.4 is 20.3 Å². The third-order valence-corrected chi connectivity index (χ3v) is 5.95. The summed E-state index contributed by atoms with van der Waals surface area (Å²) in [6, 6.07) is 18.4. The molecule has 0 aromatic heterocycles. The number of amides is 3. The van der Waals surface area contributed by atoms with Gasteiger partial charge in [-0.1, -0.05) is 47.5 Å². The summed E-state index contributed by atoms with van der Waals surface area (Å²) in [4.78, 5) is 39.5. The standard InChI is InChI=1S/C25H19Cl2N3O4/c1-14-10-11-17(13-18(14)26)30-24(32)21(27)22(25(30)33)28-16-7-5-6-15(12-16)23(31)29-19-8-3-4-9-20(19)34-2/h3-13,28H,1-2H3,(H,29,31). The molecule has 0 saturated heterocycles. The largest absolute Gasteiger partial charge is 0.495 e. The van der Waals surface area contributed by atoms with Gasteiger partial charge in [-0.3, -0.25) is 14.4 Å². The maximum absolute atomic E-state index is 13.0. The van der Waals surface area contributed by atoms with Gasteiger partial charge < -0.3 is 15.4 Å². The molecule has 34 heavy (non-hydrogen) atoms. The van der Waals surface area contributed by atoms with Crippen LogP contribution in [0.15, 0.2) is 77.5 Å². The predicted molar refractivity (Wildman–Crippen MR) is 133 cm³/mol. The molecule has 0 bridgehead atoms. The molecule has 9 heteroatoms. The Bertz CT molecular complexity index is 1350. The number of rotatable bonds is 6. The molecule has 0 radical (unpaired) electrons. The molecule has 0 spiro atoms. The molecule has 7 nitrogen and oxygen atoms in total. The van der Waals surface area contributed by atoms with Crippen molar-refractivity contribution < 1.29 is 19.1 Å². The van der Waals surface area contributed by atoms with Gasteiger partial charge in [-0.25, -0.2) is 4.90 Å². The number of para-hydroxylation sites is 2. The van der Waals surface area contributed by atoms with Gasteiger partial charge in [-0.2, -0.15) is 0 Å². The van der Waals surface area contributed by atoms with Crippen LogP contribution in [0.25, 0.3) is 0 Å². The van der Waals surface area contributed by atoms with E-state index in [0.717, 1.165) is 10.5 Å². The number of imide groups is 1. The molecule has 0 saturated carbocycles. The Balaban J connectivity index is 1.55. The van der Waals surface area contributed by atoms with E-state index in [1.165, 1.54) is 13.2 Å². The van der Waals surface area contributed by atoms with Crippen LogP contribution in [0, 0.1) is 6.92 Å². The Labute approximate surface area is 205 Å². The number of hydrogen-bond donors (Lipinski definition) is 2. The van der Waals surface area contributed by atoms with Crippen molar-refractivity contribution in [1.29, 1.82) is 0 Å². The van der Waals surface area contributed by atoms with Gasteiger partial charge in [0.25, 0.3) is 17.7 Å². The van der Waals surface area contributed by atoms with Gasteiger partial charge in [0.2, 0.25) is 0 Å². The quantitative estimate of drug-likeness (QED) is 0.450. The Morgan fingerprint density at radius 3 is 2.44 bits per heavy atom. The number of methoxy groups -OCH3 is 1. The van der Waals surface area contributed by atoms with Gasteiger partial charge in [0.15, 0.2) is 0 Å². The van der Waals surface area contributed by atoms with Crippen molar-refractivity contribution in [2.75, 3.05) is 22.6 Å². The molecular formula is C25H19Cl2N3O4. The first kappa shape index (κ1) is 23.4. The Hall–Kier alpha value is -3.81. The van der Waals surface area contributed by atoms with Crippen molar-refractivity contribution in [3.05, 3.63) is 93.6 Å². The fraction of sp³-hybridized carbons (Fsp3) is 0.0800. The summed E-state index contributed by atoms with van der Waals surface area (Å²) < 4.78 is 5.26. The van der Waals surface area contributed by atoms with E-state index in [0.29, 0.717) is 33.4 Å². The van der Waals surface area contributed by atoms with Crippen molar-refractivity contribution in [2.45, 2.75) is 6.92 Å². The van der Waals surface area contributed by atoms with Gasteiger partial charge >= 0.3 is 0 Å². The van der Waals surface area contributed by atoms with E-state index in [-0.39, 0.29) is 16.6 Å². The number of nitrogens with one attached hydrogen (secondary N) is 2. The minimum absolute atomic E-state index is 0.0920. The highest BCUT2D eigenvalue weighted by atomic mass is 35.5. The Kier molecular flexibility index (Phi) is 6.58. The molecule has 172 valence electrons. The van der Waals surface area contributed by atoms with Crippen LogP contribution in [0.3, 0.4) is 0 Å². The lowest BCUT2D eigenvalue weighted by molar-refractivity contribution is -0.120. The molecular weight excluding hydrogens is 477 g/mol. The minimum atomic E-state index is -0.667. The highest BCUT2D eigenvalue weighted by molar-refractivity contribution is 6.53. The number of anilines is 3. The molecule has 1 aliphatic heterocycles. The number of ether oxygens (including phenoxy) is 1. The topological polar surface area (TPSA) is 87.7 Å². The zero-order valence-corrected chi connectivity index (χ0v) is 19.7. The third-order valence-electron chi connectivity index (χ3n) is 5.19. The summed E-state index contributed by atoms with van der Waals surface area (Å²) in [7, 11) is 1.51. The first-order chi connectivity index (χ1) is 16.3. The first-order valence-electron chi connectivity index (χ1n) is 10.2. The van der Waals surface area contributed by atoms with Crippen molar-refractivity contribution in [3.8, 4) is 5.75 Å². The summed E-state index contributed by atoms with van der Waals surface area (Å²) in [5, 5.41) is 5.83. The molecule has 3 amide bonds. The summed E-state index contributed by atoms with van der Waals surface area (Å²) >= 11 is 12.4. The van der Waals surface area contributed by atoms with Gasteiger partial charge in [0, 0.05) is 16.3 Å². The van der Waals surface area contributed by atoms with E-state index >= 15 is 0 Å². The normalized spacial score (nSPS) is 13.4. The van der Waals surface area contributed by atoms with Crippen molar-refractivity contribution in [3.63, 3.8) is 0 Å². The van der Waals surface area contributed by atoms with Crippen LogP contribution in [0.2, 0.25) is 5.02 Å². The van der Waals surface area contributed by atoms with E-state index in [4.69, 9.17) is 27.9 Å². The number of aryl methyl sites for hydroxylation is 1. The Morgan fingerprint density at radius 2 is 1.71 bits per heavy atom. The molecule has 4 rings (SSSR count). The fourth-order valence-corrected chi connectivity index (χ4v) is 3.78. The number of carbonyl (C=O) groups excluding carboxylic acids is 3. The zero-order valence-electron chi connectivity index (χ0n) is 18.2. The summed E-state index contributed by atoms with van der Waals surface area (Å²) in [5.41, 5.74) is 2.28. The molecule has 1 heterocycles. The fourth-order valence-electron chi connectivity index (χ4n) is 3.39. The van der Waals surface area contributed by atoms with Gasteiger partial charge in [0.05, 0.1) is 18.5 Å². The van der Waals surface area contributed by atoms with Gasteiger partial charge in [-0.15, -0.1) is 0 Å². The van der Waals surface area contributed by atoms with Crippen LogP contribution in [0.4, 0.5) is 17.1 Å². The van der Waals surface area contributed by atoms with E-state index < -0.39 is 11.8 Å². The minimum Gasteiger partial charge on any atom is -0.495 e. The molecule has 0 fully saturated rings. The smallest absolute Gasteiger partial charge is 0.283 e. The number of halogens is 2. The lowest BCUT2D eigenvalue weighted by atomic mass is 10.1. The second-order valence-corrected chi connectivity index (χ2v) is 8.21. The molecule has 2 N–H and O–H groups in total. The second kappa shape index (κ2) is 9.59. The summed E-state index contributed by atoms with van der Waals surface area (Å²) in [6.45, 7) is 1.81. The average Bonchev–Trinajstić information content (AvgIpc) is 3.04. The monoisotopic (exact) mass is 495 g/mol. The maximum Gasteiger partial charge on any atom is 0.283 e. The zero-order chi connectivity index (χ0) is 24.4. The lowest BCUT2D eigenvalue weighted by Crippen LogP contribution is -2.32. The average molecular weight is 496 g/mol. The first-order valence-corrected chi connectivity index (χ1v) is 10.9. The molecule has 0 atom stereocenters. The summed E-state index contributed by atoms with van der Waals surface area (Å²) in [6.07, 6.45) is 0. The number of carbonyl (C=O) groups is 3. The molecule has 0 aliphatic carbocycles. The highest BCUT2D eigenvalue weighted by Crippen LogP contribution is 2.32. The van der Waals surface area contributed by atoms with E-state index in [1.807, 2.05) is 6.92 Å². The van der Waals surface area contributed by atoms with E-state index in [2.05, 4.69) is 10.6 Å². The van der Waals surface area contributed by atoms with Crippen molar-refractivity contribution in [1.82, 2.24) is 0 Å². The van der Waals surface area contributed by atoms with Gasteiger partial charge in [-0.05, 0) is 55.0 Å². The SMILES string of the molecule is COc1ccccc1NC(=O)c1cccc(NC2=C(Cl)C(=O)N(c3ccc(C)c(Cl)c3)C2=O)c1. The van der Waals surface area contributed by atoms with Crippen LogP contribution >= 0.6 is 23.2 Å². The predicted octanol–water partition coefficient (Wildman–Crippen LogP) is 5.35. The van der Waals surface area contributed by atoms with Crippen LogP contribution in [0.5, 0.6) is 5.75 Å². The van der Waals surface area contributed by atoms with Crippen molar-refractivity contribution in [2.24, 2.45) is 0 Å². The lowest BCUT2D eigenvalue weighted by Gasteiger charge is -2.16. The van der Waals surface area contributed by atoms with E-state index in [1.54, 1.807) is 60.7 Å². The van der Waals surface area contributed by atoms with E-state index in [9.17, 15) is 14.4 Å². The molecule has 3 aromatic carbocycles. The molecule has 1 aliphatic rings. The number of hydrogen-bond acceptors (Lipinski definition) is 5. The molecule has 3 aromatic rings.